The zero-order valence-electron chi connectivity index (χ0n) is 16.3. The molecule has 1 heterocycles. The maximum absolute atomic E-state index is 12.9. The minimum atomic E-state index is 0.0109. The second-order valence-electron chi connectivity index (χ2n) is 7.94. The molecular formula is C24H28N2O. The Kier molecular flexibility index (Phi) is 4.77. The Bertz CT molecular complexity index is 868. The average molecular weight is 361 g/mol. The molecule has 0 radical (unpaired) electrons. The molecule has 0 bridgehead atoms. The molecule has 1 amide bonds. The van der Waals surface area contributed by atoms with Gasteiger partial charge in [0.15, 0.2) is 0 Å². The molecule has 4 unspecified atom stereocenters. The van der Waals surface area contributed by atoms with Crippen LogP contribution in [0.1, 0.15) is 65.7 Å². The van der Waals surface area contributed by atoms with Crippen molar-refractivity contribution in [2.75, 3.05) is 5.32 Å². The summed E-state index contributed by atoms with van der Waals surface area (Å²) in [5, 5.41) is 6.86. The Hall–Kier alpha value is -2.55. The van der Waals surface area contributed by atoms with Gasteiger partial charge in [-0.2, -0.15) is 0 Å². The first-order valence-corrected chi connectivity index (χ1v) is 10.0. The molecule has 4 rings (SSSR count). The lowest BCUT2D eigenvalue weighted by molar-refractivity contribution is 0.0939. The summed E-state index contributed by atoms with van der Waals surface area (Å²) in [4.78, 5) is 12.9. The quantitative estimate of drug-likeness (QED) is 0.722. The second-order valence-corrected chi connectivity index (χ2v) is 7.94. The lowest BCUT2D eigenvalue weighted by atomic mass is 9.76. The number of hydrogen-bond acceptors (Lipinski definition) is 2. The van der Waals surface area contributed by atoms with Crippen molar-refractivity contribution in [2.24, 2.45) is 5.92 Å². The van der Waals surface area contributed by atoms with Gasteiger partial charge < -0.3 is 10.6 Å². The van der Waals surface area contributed by atoms with Gasteiger partial charge in [0, 0.05) is 12.0 Å². The third kappa shape index (κ3) is 3.27. The fourth-order valence-corrected chi connectivity index (χ4v) is 4.32. The van der Waals surface area contributed by atoms with Gasteiger partial charge in [-0.3, -0.25) is 4.79 Å². The summed E-state index contributed by atoms with van der Waals surface area (Å²) in [5.74, 6) is 0.869. The van der Waals surface area contributed by atoms with Crippen LogP contribution in [0.3, 0.4) is 0 Å². The summed E-state index contributed by atoms with van der Waals surface area (Å²) < 4.78 is 0. The number of allylic oxidation sites excluding steroid dienone is 2. The summed E-state index contributed by atoms with van der Waals surface area (Å²) in [7, 11) is 0. The van der Waals surface area contributed by atoms with Crippen molar-refractivity contribution in [3.63, 3.8) is 0 Å². The smallest absolute Gasteiger partial charge is 0.253 e. The number of nitrogens with one attached hydrogen (secondary N) is 2. The molecule has 140 valence electrons. The Labute approximate surface area is 161 Å². The van der Waals surface area contributed by atoms with Gasteiger partial charge in [0.05, 0.1) is 17.3 Å². The summed E-state index contributed by atoms with van der Waals surface area (Å²) in [6.45, 7) is 6.25. The highest BCUT2D eigenvalue weighted by Gasteiger charge is 2.39. The van der Waals surface area contributed by atoms with E-state index >= 15 is 0 Å². The largest absolute Gasteiger partial charge is 0.377 e. The Morgan fingerprint density at radius 3 is 2.74 bits per heavy atom. The lowest BCUT2D eigenvalue weighted by Crippen LogP contribution is -2.35. The summed E-state index contributed by atoms with van der Waals surface area (Å²) in [6.07, 6.45) is 6.60. The maximum atomic E-state index is 12.9. The van der Waals surface area contributed by atoms with E-state index in [1.807, 2.05) is 19.1 Å². The molecule has 0 saturated heterocycles. The fraction of sp³-hybridized carbons (Fsp3) is 0.375. The highest BCUT2D eigenvalue weighted by Crippen LogP contribution is 2.50. The molecule has 0 saturated carbocycles. The van der Waals surface area contributed by atoms with Gasteiger partial charge in [-0.1, -0.05) is 61.0 Å². The molecule has 1 aliphatic carbocycles. The lowest BCUT2D eigenvalue weighted by Gasteiger charge is -2.38. The number of rotatable bonds is 4. The van der Waals surface area contributed by atoms with Crippen LogP contribution in [0.15, 0.2) is 54.6 Å². The molecule has 2 aliphatic rings. The monoisotopic (exact) mass is 360 g/mol. The van der Waals surface area contributed by atoms with Crippen molar-refractivity contribution >= 4 is 11.6 Å². The van der Waals surface area contributed by atoms with Crippen LogP contribution in [0.2, 0.25) is 0 Å². The van der Waals surface area contributed by atoms with Crippen molar-refractivity contribution < 1.29 is 4.79 Å². The van der Waals surface area contributed by atoms with Crippen LogP contribution < -0.4 is 10.6 Å². The second kappa shape index (κ2) is 7.22. The van der Waals surface area contributed by atoms with Crippen molar-refractivity contribution in [1.29, 1.82) is 0 Å². The van der Waals surface area contributed by atoms with Gasteiger partial charge >= 0.3 is 0 Å². The van der Waals surface area contributed by atoms with Crippen molar-refractivity contribution in [1.82, 2.24) is 5.32 Å². The Morgan fingerprint density at radius 1 is 1.22 bits per heavy atom. The van der Waals surface area contributed by atoms with Crippen molar-refractivity contribution in [3.8, 4) is 0 Å². The predicted octanol–water partition coefficient (Wildman–Crippen LogP) is 5.35. The number of anilines is 1. The number of fused-ring (bicyclic) bond motifs is 3. The van der Waals surface area contributed by atoms with Gasteiger partial charge in [-0.15, -0.1) is 0 Å². The molecule has 2 aromatic rings. The normalized spacial score (nSPS) is 23.9. The van der Waals surface area contributed by atoms with Crippen molar-refractivity contribution in [2.45, 2.75) is 51.6 Å². The number of para-hydroxylation sites is 1. The predicted molar refractivity (Wildman–Crippen MR) is 111 cm³/mol. The standard InChI is InChI=1S/C24H28N2O/c1-4-16(3)25-24(27)21-10-6-9-20-18-7-5-8-19(18)22(26-23(20)21)17-13-11-15(2)12-14-17/h5-7,9-14,16,18-19,22,26H,4,8H2,1-3H3,(H,25,27). The first-order valence-electron chi connectivity index (χ1n) is 10.0. The Balaban J connectivity index is 1.74. The average Bonchev–Trinajstić information content (AvgIpc) is 3.17. The molecular weight excluding hydrogens is 332 g/mol. The van der Waals surface area contributed by atoms with Crippen LogP contribution in [-0.4, -0.2) is 11.9 Å². The number of carbonyl (C=O) groups excluding carboxylic acids is 1. The van der Waals surface area contributed by atoms with E-state index in [0.717, 1.165) is 24.1 Å². The third-order valence-electron chi connectivity index (χ3n) is 6.07. The molecule has 0 spiro atoms. The molecule has 0 aromatic heterocycles. The Morgan fingerprint density at radius 2 is 2.00 bits per heavy atom. The first kappa shape index (κ1) is 17.8. The van der Waals surface area contributed by atoms with Crippen LogP contribution in [0.5, 0.6) is 0 Å². The van der Waals surface area contributed by atoms with Gasteiger partial charge in [0.25, 0.3) is 5.91 Å². The van der Waals surface area contributed by atoms with Crippen LogP contribution in [0.4, 0.5) is 5.69 Å². The summed E-state index contributed by atoms with van der Waals surface area (Å²) in [6, 6.07) is 15.3. The highest BCUT2D eigenvalue weighted by atomic mass is 16.1. The highest BCUT2D eigenvalue weighted by molar-refractivity contribution is 6.01. The zero-order chi connectivity index (χ0) is 19.0. The SMILES string of the molecule is CCC(C)NC(=O)c1cccc2c1NC(c1ccc(C)cc1)C1CC=CC21. The number of carbonyl (C=O) groups is 1. The molecule has 27 heavy (non-hydrogen) atoms. The van der Waals surface area contributed by atoms with E-state index in [1.165, 1.54) is 16.7 Å². The molecule has 2 N–H and O–H groups in total. The zero-order valence-corrected chi connectivity index (χ0v) is 16.3. The summed E-state index contributed by atoms with van der Waals surface area (Å²) in [5.41, 5.74) is 5.56. The molecule has 3 nitrogen and oxygen atoms in total. The number of amides is 1. The van der Waals surface area contributed by atoms with Gasteiger partial charge in [-0.05, 0) is 49.8 Å². The molecule has 4 atom stereocenters. The number of benzene rings is 2. The van der Waals surface area contributed by atoms with Crippen molar-refractivity contribution in [3.05, 3.63) is 76.9 Å². The van der Waals surface area contributed by atoms with E-state index in [9.17, 15) is 4.79 Å². The van der Waals surface area contributed by atoms with Gasteiger partial charge in [-0.25, -0.2) is 0 Å². The molecule has 0 fully saturated rings. The topological polar surface area (TPSA) is 41.1 Å². The minimum Gasteiger partial charge on any atom is -0.377 e. The van der Waals surface area contributed by atoms with E-state index in [2.05, 4.69) is 67.0 Å². The van der Waals surface area contributed by atoms with Crippen LogP contribution >= 0.6 is 0 Å². The fourth-order valence-electron chi connectivity index (χ4n) is 4.32. The number of hydrogen-bond donors (Lipinski definition) is 2. The third-order valence-corrected chi connectivity index (χ3v) is 6.07. The van der Waals surface area contributed by atoms with E-state index < -0.39 is 0 Å². The van der Waals surface area contributed by atoms with E-state index in [4.69, 9.17) is 0 Å². The number of aryl methyl sites for hydroxylation is 1. The van der Waals surface area contributed by atoms with Crippen LogP contribution in [-0.2, 0) is 0 Å². The molecule has 3 heteroatoms. The van der Waals surface area contributed by atoms with Crippen LogP contribution in [0.25, 0.3) is 0 Å². The minimum absolute atomic E-state index is 0.0109. The van der Waals surface area contributed by atoms with E-state index in [-0.39, 0.29) is 18.0 Å². The van der Waals surface area contributed by atoms with E-state index in [0.29, 0.717) is 11.8 Å². The van der Waals surface area contributed by atoms with Gasteiger partial charge in [0.2, 0.25) is 0 Å². The van der Waals surface area contributed by atoms with E-state index in [1.54, 1.807) is 0 Å². The molecule has 2 aromatic carbocycles. The summed E-state index contributed by atoms with van der Waals surface area (Å²) >= 11 is 0. The first-order chi connectivity index (χ1) is 13.1. The van der Waals surface area contributed by atoms with Crippen LogP contribution in [0, 0.1) is 12.8 Å². The van der Waals surface area contributed by atoms with Gasteiger partial charge in [0.1, 0.15) is 0 Å². The molecule has 1 aliphatic heterocycles. The maximum Gasteiger partial charge on any atom is 0.253 e.